The number of carbonyl (C=O) groups is 3. The zero-order valence-electron chi connectivity index (χ0n) is 13.0. The van der Waals surface area contributed by atoms with Gasteiger partial charge in [0.25, 0.3) is 0 Å². The highest BCUT2D eigenvalue weighted by atomic mass is 16.5. The number of methoxy groups -OCH3 is 1. The minimum Gasteiger partial charge on any atom is -0.481 e. The van der Waals surface area contributed by atoms with E-state index in [9.17, 15) is 14.4 Å². The maximum Gasteiger partial charge on any atom is 0.329 e. The first-order valence-electron chi connectivity index (χ1n) is 6.83. The molecule has 0 spiro atoms. The molecule has 0 saturated heterocycles. The molecule has 1 saturated carbocycles. The molecule has 1 rings (SSSR count). The number of hydrogen-bond acceptors (Lipinski definition) is 4. The van der Waals surface area contributed by atoms with Crippen LogP contribution in [-0.4, -0.2) is 46.9 Å². The Morgan fingerprint density at radius 1 is 1.24 bits per heavy atom. The summed E-state index contributed by atoms with van der Waals surface area (Å²) in [5, 5.41) is 24.3. The molecular weight excluding hydrogens is 280 g/mol. The summed E-state index contributed by atoms with van der Waals surface area (Å²) < 4.78 is 4.20. The molecule has 0 aromatic carbocycles. The Balaban J connectivity index is 0. The largest absolute Gasteiger partial charge is 0.481 e. The van der Waals surface area contributed by atoms with Crippen LogP contribution in [0.25, 0.3) is 0 Å². The number of aliphatic carboxylic acids is 3. The van der Waals surface area contributed by atoms with Crippen molar-refractivity contribution in [3.8, 4) is 0 Å². The van der Waals surface area contributed by atoms with Crippen molar-refractivity contribution >= 4 is 17.9 Å². The van der Waals surface area contributed by atoms with Crippen molar-refractivity contribution in [1.82, 2.24) is 0 Å². The Hall–Kier alpha value is -1.63. The molecule has 7 nitrogen and oxygen atoms in total. The normalized spacial score (nSPS) is 20.0. The highest BCUT2D eigenvalue weighted by Crippen LogP contribution is 2.37. The van der Waals surface area contributed by atoms with Crippen molar-refractivity contribution in [2.75, 3.05) is 13.7 Å². The molecule has 21 heavy (non-hydrogen) atoms. The second-order valence-electron chi connectivity index (χ2n) is 5.01. The summed E-state index contributed by atoms with van der Waals surface area (Å²) in [5.74, 6) is -1.99. The van der Waals surface area contributed by atoms with Crippen LogP contribution in [0.2, 0.25) is 0 Å². The molecule has 3 unspecified atom stereocenters. The molecule has 0 bridgehead atoms. The molecule has 124 valence electrons. The summed E-state index contributed by atoms with van der Waals surface area (Å²) in [7, 11) is 1.34. The lowest BCUT2D eigenvalue weighted by molar-refractivity contribution is -0.142. The summed E-state index contributed by atoms with van der Waals surface area (Å²) in [6.07, 6.45) is 2.62. The SMILES string of the molecule is CC1CC1C(=O)O.CCCC(C)C(=O)O.COCC(=O)O. The Morgan fingerprint density at radius 3 is 1.76 bits per heavy atom. The maximum atomic E-state index is 10.1. The van der Waals surface area contributed by atoms with E-state index in [-0.39, 0.29) is 18.4 Å². The van der Waals surface area contributed by atoms with Gasteiger partial charge in [0.15, 0.2) is 0 Å². The highest BCUT2D eigenvalue weighted by Gasteiger charge is 2.38. The zero-order chi connectivity index (χ0) is 17.0. The predicted octanol–water partition coefficient (Wildman–Crippen LogP) is 1.95. The topological polar surface area (TPSA) is 121 Å². The molecule has 0 amide bonds. The van der Waals surface area contributed by atoms with Crippen LogP contribution in [-0.2, 0) is 19.1 Å². The molecule has 1 fully saturated rings. The van der Waals surface area contributed by atoms with E-state index in [1.165, 1.54) is 7.11 Å². The molecule has 3 N–H and O–H groups in total. The molecule has 0 aromatic rings. The summed E-state index contributed by atoms with van der Waals surface area (Å²) >= 11 is 0. The van der Waals surface area contributed by atoms with Crippen LogP contribution in [0.4, 0.5) is 0 Å². The second kappa shape index (κ2) is 12.1. The van der Waals surface area contributed by atoms with Crippen LogP contribution in [0.5, 0.6) is 0 Å². The van der Waals surface area contributed by atoms with E-state index >= 15 is 0 Å². The molecule has 0 aliphatic heterocycles. The Labute approximate surface area is 124 Å². The molecule has 1 aliphatic rings. The van der Waals surface area contributed by atoms with Crippen LogP contribution in [0.3, 0.4) is 0 Å². The first kappa shape index (κ1) is 21.7. The number of rotatable bonds is 6. The third kappa shape index (κ3) is 14.6. The third-order valence-corrected chi connectivity index (χ3v) is 2.84. The van der Waals surface area contributed by atoms with Gasteiger partial charge in [-0.25, -0.2) is 4.79 Å². The van der Waals surface area contributed by atoms with E-state index in [1.54, 1.807) is 6.92 Å². The minimum absolute atomic E-state index is 0.0139. The van der Waals surface area contributed by atoms with E-state index in [0.29, 0.717) is 5.92 Å². The van der Waals surface area contributed by atoms with Crippen LogP contribution < -0.4 is 0 Å². The third-order valence-electron chi connectivity index (χ3n) is 2.84. The van der Waals surface area contributed by atoms with Crippen LogP contribution >= 0.6 is 0 Å². The fourth-order valence-electron chi connectivity index (χ4n) is 1.35. The summed E-state index contributed by atoms with van der Waals surface area (Å²) in [6.45, 7) is 5.46. The molecule has 7 heteroatoms. The number of ether oxygens (including phenoxy) is 1. The van der Waals surface area contributed by atoms with Gasteiger partial charge in [-0.05, 0) is 18.8 Å². The molecule has 3 atom stereocenters. The predicted molar refractivity (Wildman–Crippen MR) is 76.1 cm³/mol. The average molecular weight is 306 g/mol. The van der Waals surface area contributed by atoms with Gasteiger partial charge in [0.2, 0.25) is 0 Å². The molecule has 0 radical (unpaired) electrons. The van der Waals surface area contributed by atoms with Gasteiger partial charge in [-0.15, -0.1) is 0 Å². The van der Waals surface area contributed by atoms with Gasteiger partial charge in [0, 0.05) is 7.11 Å². The summed E-state index contributed by atoms with van der Waals surface area (Å²) in [6, 6.07) is 0. The van der Waals surface area contributed by atoms with Crippen molar-refractivity contribution in [3.63, 3.8) is 0 Å². The lowest BCUT2D eigenvalue weighted by atomic mass is 10.1. The van der Waals surface area contributed by atoms with Gasteiger partial charge in [-0.2, -0.15) is 0 Å². The highest BCUT2D eigenvalue weighted by molar-refractivity contribution is 5.73. The van der Waals surface area contributed by atoms with Gasteiger partial charge in [-0.1, -0.05) is 27.2 Å². The van der Waals surface area contributed by atoms with Crippen molar-refractivity contribution in [2.24, 2.45) is 17.8 Å². The quantitative estimate of drug-likeness (QED) is 0.685. The number of hydrogen-bond donors (Lipinski definition) is 3. The van der Waals surface area contributed by atoms with Crippen LogP contribution in [0.15, 0.2) is 0 Å². The zero-order valence-corrected chi connectivity index (χ0v) is 13.0. The first-order valence-corrected chi connectivity index (χ1v) is 6.83. The Morgan fingerprint density at radius 2 is 1.71 bits per heavy atom. The lowest BCUT2D eigenvalue weighted by Crippen LogP contribution is -2.08. The smallest absolute Gasteiger partial charge is 0.329 e. The molecular formula is C14H26O7. The fraction of sp³-hybridized carbons (Fsp3) is 0.786. The van der Waals surface area contributed by atoms with E-state index in [4.69, 9.17) is 15.3 Å². The lowest BCUT2D eigenvalue weighted by Gasteiger charge is -2.00. The van der Waals surface area contributed by atoms with Crippen LogP contribution in [0, 0.1) is 17.8 Å². The van der Waals surface area contributed by atoms with E-state index in [0.717, 1.165) is 19.3 Å². The minimum atomic E-state index is -0.933. The van der Waals surface area contributed by atoms with Crippen molar-refractivity contribution in [2.45, 2.75) is 40.0 Å². The molecule has 0 aromatic heterocycles. The van der Waals surface area contributed by atoms with E-state index in [2.05, 4.69) is 4.74 Å². The maximum absolute atomic E-state index is 10.1. The van der Waals surface area contributed by atoms with Crippen molar-refractivity contribution in [3.05, 3.63) is 0 Å². The van der Waals surface area contributed by atoms with Gasteiger partial charge in [-0.3, -0.25) is 9.59 Å². The second-order valence-corrected chi connectivity index (χ2v) is 5.01. The van der Waals surface area contributed by atoms with Crippen molar-refractivity contribution in [1.29, 1.82) is 0 Å². The van der Waals surface area contributed by atoms with Gasteiger partial charge in [0.05, 0.1) is 11.8 Å². The van der Waals surface area contributed by atoms with Gasteiger partial charge in [0.1, 0.15) is 6.61 Å². The fourth-order valence-corrected chi connectivity index (χ4v) is 1.35. The molecule has 1 aliphatic carbocycles. The monoisotopic (exact) mass is 306 g/mol. The Bertz CT molecular complexity index is 327. The standard InChI is InChI=1S/C6H12O2.C5H8O2.C3H6O3/c1-3-4-5(2)6(7)8;1-3-2-4(3)5(6)7;1-6-2-3(4)5/h5H,3-4H2,1-2H3,(H,7,8);3-4H,2H2,1H3,(H,6,7);2H2,1H3,(H,4,5). The number of carboxylic acids is 3. The summed E-state index contributed by atoms with van der Waals surface area (Å²) in [5.41, 5.74) is 0. The van der Waals surface area contributed by atoms with E-state index < -0.39 is 17.9 Å². The Kier molecular flexibility index (Phi) is 12.5. The van der Waals surface area contributed by atoms with E-state index in [1.807, 2.05) is 13.8 Å². The summed E-state index contributed by atoms with van der Waals surface area (Å²) in [4.78, 5) is 29.5. The first-order chi connectivity index (χ1) is 9.67. The van der Waals surface area contributed by atoms with Gasteiger partial charge >= 0.3 is 17.9 Å². The van der Waals surface area contributed by atoms with Crippen LogP contribution in [0.1, 0.15) is 40.0 Å². The molecule has 0 heterocycles. The number of carboxylic acid groups (broad SMARTS) is 3. The van der Waals surface area contributed by atoms with Gasteiger partial charge < -0.3 is 20.1 Å². The average Bonchev–Trinajstić information content (AvgIpc) is 3.08. The van der Waals surface area contributed by atoms with Crippen molar-refractivity contribution < 1.29 is 34.4 Å².